The molecule has 0 saturated heterocycles. The number of benzene rings is 2. The largest absolute Gasteiger partial charge is 0.294 e. The number of rotatable bonds is 3. The van der Waals surface area contributed by atoms with Crippen LogP contribution < -0.4 is 0 Å². The Kier molecular flexibility index (Phi) is 3.87. The smallest absolute Gasteiger partial charge is 0.160 e. The zero-order chi connectivity index (χ0) is 12.3. The highest BCUT2D eigenvalue weighted by Gasteiger charge is 2.07. The average molecular weight is 263 g/mol. The lowest BCUT2D eigenvalue weighted by molar-refractivity contribution is 0.101. The molecule has 17 heavy (non-hydrogen) atoms. The molecule has 0 aliphatic rings. The summed E-state index contributed by atoms with van der Waals surface area (Å²) in [6.07, 6.45) is 0. The summed E-state index contributed by atoms with van der Waals surface area (Å²) in [6.45, 7) is 1.58. The van der Waals surface area contributed by atoms with Gasteiger partial charge >= 0.3 is 0 Å². The van der Waals surface area contributed by atoms with E-state index in [9.17, 15) is 4.79 Å². The molecule has 3 heteroatoms. The Bertz CT molecular complexity index is 534. The molecule has 0 aliphatic heterocycles. The minimum atomic E-state index is 0.0852. The van der Waals surface area contributed by atoms with Gasteiger partial charge in [-0.25, -0.2) is 0 Å². The highest BCUT2D eigenvalue weighted by molar-refractivity contribution is 7.99. The molecule has 0 spiro atoms. The molecular formula is C14H11ClOS. The minimum Gasteiger partial charge on any atom is -0.294 e. The molecule has 86 valence electrons. The second kappa shape index (κ2) is 5.39. The van der Waals surface area contributed by atoms with Gasteiger partial charge in [-0.1, -0.05) is 41.6 Å². The standard InChI is InChI=1S/C14H11ClOS/c1-10(16)13-4-2-3-5-14(13)17-12-8-6-11(15)7-9-12/h2-9H,1H3. The van der Waals surface area contributed by atoms with Crippen molar-refractivity contribution in [3.8, 4) is 0 Å². The van der Waals surface area contributed by atoms with Gasteiger partial charge in [0.1, 0.15) is 0 Å². The summed E-state index contributed by atoms with van der Waals surface area (Å²) in [5.74, 6) is 0.0852. The van der Waals surface area contributed by atoms with Gasteiger partial charge in [-0.05, 0) is 37.3 Å². The van der Waals surface area contributed by atoms with E-state index in [1.54, 1.807) is 18.7 Å². The van der Waals surface area contributed by atoms with Gasteiger partial charge < -0.3 is 0 Å². The Morgan fingerprint density at radius 2 is 1.71 bits per heavy atom. The fraction of sp³-hybridized carbons (Fsp3) is 0.0714. The lowest BCUT2D eigenvalue weighted by Gasteiger charge is -2.06. The third-order valence-electron chi connectivity index (χ3n) is 2.31. The van der Waals surface area contributed by atoms with Gasteiger partial charge in [0.25, 0.3) is 0 Å². The second-order valence-electron chi connectivity index (χ2n) is 3.61. The first-order chi connectivity index (χ1) is 8.16. The summed E-state index contributed by atoms with van der Waals surface area (Å²) < 4.78 is 0. The van der Waals surface area contributed by atoms with E-state index in [4.69, 9.17) is 11.6 Å². The Balaban J connectivity index is 2.30. The molecule has 0 amide bonds. The molecule has 0 atom stereocenters. The topological polar surface area (TPSA) is 17.1 Å². The van der Waals surface area contributed by atoms with Gasteiger partial charge in [-0.15, -0.1) is 0 Å². The Hall–Kier alpha value is -1.25. The summed E-state index contributed by atoms with van der Waals surface area (Å²) in [6, 6.07) is 15.2. The highest BCUT2D eigenvalue weighted by Crippen LogP contribution is 2.31. The summed E-state index contributed by atoms with van der Waals surface area (Å²) >= 11 is 7.40. The Morgan fingerprint density at radius 1 is 1.06 bits per heavy atom. The van der Waals surface area contributed by atoms with Crippen molar-refractivity contribution in [1.29, 1.82) is 0 Å². The van der Waals surface area contributed by atoms with Gasteiger partial charge in [0.05, 0.1) is 0 Å². The third-order valence-corrected chi connectivity index (χ3v) is 3.64. The van der Waals surface area contributed by atoms with Crippen LogP contribution in [-0.4, -0.2) is 5.78 Å². The minimum absolute atomic E-state index is 0.0852. The predicted octanol–water partition coefficient (Wildman–Crippen LogP) is 4.69. The van der Waals surface area contributed by atoms with Gasteiger partial charge in [-0.2, -0.15) is 0 Å². The fourth-order valence-electron chi connectivity index (χ4n) is 1.48. The van der Waals surface area contributed by atoms with E-state index in [1.165, 1.54) is 0 Å². The third kappa shape index (κ3) is 3.11. The van der Waals surface area contributed by atoms with E-state index >= 15 is 0 Å². The fourth-order valence-corrected chi connectivity index (χ4v) is 2.60. The maximum atomic E-state index is 11.5. The number of carbonyl (C=O) groups excluding carboxylic acids is 1. The highest BCUT2D eigenvalue weighted by atomic mass is 35.5. The molecule has 1 nitrogen and oxygen atoms in total. The van der Waals surface area contributed by atoms with Crippen molar-refractivity contribution < 1.29 is 4.79 Å². The van der Waals surface area contributed by atoms with Crippen LogP contribution in [0.5, 0.6) is 0 Å². The molecule has 0 aromatic heterocycles. The lowest BCUT2D eigenvalue weighted by Crippen LogP contribution is -1.94. The lowest BCUT2D eigenvalue weighted by atomic mass is 10.1. The van der Waals surface area contributed by atoms with Crippen molar-refractivity contribution in [2.75, 3.05) is 0 Å². The number of ketones is 1. The van der Waals surface area contributed by atoms with Crippen LogP contribution in [-0.2, 0) is 0 Å². The molecule has 0 radical (unpaired) electrons. The second-order valence-corrected chi connectivity index (χ2v) is 5.16. The first-order valence-electron chi connectivity index (χ1n) is 5.20. The van der Waals surface area contributed by atoms with Gasteiger partial charge in [0.2, 0.25) is 0 Å². The zero-order valence-corrected chi connectivity index (χ0v) is 10.9. The van der Waals surface area contributed by atoms with Crippen LogP contribution in [0.3, 0.4) is 0 Å². The molecule has 0 aliphatic carbocycles. The molecule has 0 bridgehead atoms. The summed E-state index contributed by atoms with van der Waals surface area (Å²) in [7, 11) is 0. The number of halogens is 1. The van der Waals surface area contributed by atoms with Crippen molar-refractivity contribution in [2.24, 2.45) is 0 Å². The Morgan fingerprint density at radius 3 is 2.35 bits per heavy atom. The number of hydrogen-bond acceptors (Lipinski definition) is 2. The first kappa shape index (κ1) is 12.2. The molecule has 2 aromatic rings. The number of hydrogen-bond donors (Lipinski definition) is 0. The number of Topliss-reactive ketones (excluding diaryl/α,β-unsaturated/α-hetero) is 1. The summed E-state index contributed by atoms with van der Waals surface area (Å²) in [5, 5.41) is 0.717. The molecule has 0 fully saturated rings. The van der Waals surface area contributed by atoms with Crippen molar-refractivity contribution in [2.45, 2.75) is 16.7 Å². The summed E-state index contributed by atoms with van der Waals surface area (Å²) in [5.41, 5.74) is 0.757. The summed E-state index contributed by atoms with van der Waals surface area (Å²) in [4.78, 5) is 13.5. The van der Waals surface area contributed by atoms with Crippen molar-refractivity contribution >= 4 is 29.1 Å². The van der Waals surface area contributed by atoms with Crippen LogP contribution >= 0.6 is 23.4 Å². The van der Waals surface area contributed by atoms with Gasteiger partial charge in [0.15, 0.2) is 5.78 Å². The SMILES string of the molecule is CC(=O)c1ccccc1Sc1ccc(Cl)cc1. The van der Waals surface area contributed by atoms with Crippen molar-refractivity contribution in [3.05, 3.63) is 59.1 Å². The van der Waals surface area contributed by atoms with Crippen molar-refractivity contribution in [1.82, 2.24) is 0 Å². The van der Waals surface area contributed by atoms with Crippen LogP contribution in [0.2, 0.25) is 5.02 Å². The van der Waals surface area contributed by atoms with Crippen LogP contribution in [0.1, 0.15) is 17.3 Å². The van der Waals surface area contributed by atoms with Crippen LogP contribution in [0.25, 0.3) is 0 Å². The van der Waals surface area contributed by atoms with Crippen LogP contribution in [0.15, 0.2) is 58.3 Å². The molecule has 0 N–H and O–H groups in total. The van der Waals surface area contributed by atoms with E-state index in [0.29, 0.717) is 5.02 Å². The Labute approximate surface area is 110 Å². The maximum Gasteiger partial charge on any atom is 0.160 e. The van der Waals surface area contributed by atoms with E-state index < -0.39 is 0 Å². The number of carbonyl (C=O) groups is 1. The molecular weight excluding hydrogens is 252 g/mol. The van der Waals surface area contributed by atoms with E-state index in [0.717, 1.165) is 15.4 Å². The van der Waals surface area contributed by atoms with E-state index in [2.05, 4.69) is 0 Å². The molecule has 0 saturated carbocycles. The van der Waals surface area contributed by atoms with Gasteiger partial charge in [-0.3, -0.25) is 4.79 Å². The monoisotopic (exact) mass is 262 g/mol. The molecule has 0 unspecified atom stereocenters. The van der Waals surface area contributed by atoms with Crippen LogP contribution in [0, 0.1) is 0 Å². The zero-order valence-electron chi connectivity index (χ0n) is 9.31. The molecule has 0 heterocycles. The molecule has 2 aromatic carbocycles. The van der Waals surface area contributed by atoms with Gasteiger partial charge in [0, 0.05) is 20.4 Å². The van der Waals surface area contributed by atoms with Crippen molar-refractivity contribution in [3.63, 3.8) is 0 Å². The maximum absolute atomic E-state index is 11.5. The normalized spacial score (nSPS) is 10.2. The van der Waals surface area contributed by atoms with E-state index in [1.807, 2.05) is 48.5 Å². The first-order valence-corrected chi connectivity index (χ1v) is 6.39. The van der Waals surface area contributed by atoms with Crippen LogP contribution in [0.4, 0.5) is 0 Å². The predicted molar refractivity (Wildman–Crippen MR) is 72.0 cm³/mol. The van der Waals surface area contributed by atoms with E-state index in [-0.39, 0.29) is 5.78 Å². The average Bonchev–Trinajstić information content (AvgIpc) is 2.32. The molecule has 2 rings (SSSR count). The quantitative estimate of drug-likeness (QED) is 0.746.